The number of nitrogen functional groups attached to an aromatic ring is 1. The average Bonchev–Trinajstić information content (AvgIpc) is 3.11. The third-order valence-corrected chi connectivity index (χ3v) is 8.67. The lowest BCUT2D eigenvalue weighted by atomic mass is 9.40. The topological polar surface area (TPSA) is 142 Å². The van der Waals surface area contributed by atoms with Crippen molar-refractivity contribution in [2.75, 3.05) is 12.3 Å². The number of rotatable bonds is 7. The van der Waals surface area contributed by atoms with E-state index < -0.39 is 39.7 Å². The van der Waals surface area contributed by atoms with E-state index in [-0.39, 0.29) is 10.7 Å². The van der Waals surface area contributed by atoms with Gasteiger partial charge in [-0.3, -0.25) is 4.68 Å². The number of ether oxygens (including phenoxy) is 1. The smallest absolute Gasteiger partial charge is 0.458 e. The van der Waals surface area contributed by atoms with E-state index in [0.29, 0.717) is 47.5 Å². The van der Waals surface area contributed by atoms with Crippen LogP contribution in [0, 0.1) is 19.3 Å². The van der Waals surface area contributed by atoms with Crippen LogP contribution < -0.4 is 10.5 Å². The molecule has 0 unspecified atom stereocenters. The minimum Gasteiger partial charge on any atom is -0.458 e. The summed E-state index contributed by atoms with van der Waals surface area (Å²) in [7, 11) is -2.19. The number of hydrogen-bond donors (Lipinski definition) is 2. The minimum atomic E-state index is -5.06. The van der Waals surface area contributed by atoms with E-state index in [9.17, 15) is 26.4 Å². The van der Waals surface area contributed by atoms with E-state index in [2.05, 4.69) is 24.5 Å². The number of halogens is 3. The van der Waals surface area contributed by atoms with Crippen LogP contribution >= 0.6 is 0 Å². The van der Waals surface area contributed by atoms with Gasteiger partial charge < -0.3 is 10.5 Å². The van der Waals surface area contributed by atoms with Gasteiger partial charge in [-0.2, -0.15) is 18.3 Å². The van der Waals surface area contributed by atoms with Crippen molar-refractivity contribution in [1.29, 1.82) is 0 Å². The Balaban J connectivity index is 1.34. The molecule has 1 aromatic carbocycles. The first-order chi connectivity index (χ1) is 17.6. The van der Waals surface area contributed by atoms with E-state index in [4.69, 9.17) is 5.73 Å². The molecule has 3 saturated carbocycles. The number of aromatic nitrogens is 4. The van der Waals surface area contributed by atoms with Crippen molar-refractivity contribution >= 4 is 21.8 Å². The summed E-state index contributed by atoms with van der Waals surface area (Å²) in [6.45, 7) is 3.25. The number of anilines is 1. The molecule has 3 N–H and O–H groups in total. The van der Waals surface area contributed by atoms with Gasteiger partial charge in [0.2, 0.25) is 10.0 Å². The standard InChI is InChI=1S/C24H25F3N6O4S/c1-13-4-5-15(6-16(13)18-7-29-20(28)19(30-18)17-8-33(3)31-14(17)2)38(35,36)32-23-9-22(10-23,11-23)12-37-21(34)24(25,26)27/h4-8,32H,9-12H2,1-3H3,(H2,28,29). The molecule has 2 aromatic heterocycles. The molecule has 2 bridgehead atoms. The zero-order chi connectivity index (χ0) is 27.7. The highest BCUT2D eigenvalue weighted by Crippen LogP contribution is 2.67. The summed E-state index contributed by atoms with van der Waals surface area (Å²) in [5, 5.41) is 4.31. The van der Waals surface area contributed by atoms with Gasteiger partial charge in [-0.1, -0.05) is 6.07 Å². The lowest BCUT2D eigenvalue weighted by Gasteiger charge is -2.69. The van der Waals surface area contributed by atoms with Gasteiger partial charge in [-0.15, -0.1) is 0 Å². The molecule has 0 radical (unpaired) electrons. The third kappa shape index (κ3) is 4.51. The van der Waals surface area contributed by atoms with E-state index >= 15 is 0 Å². The maximum atomic E-state index is 13.2. The van der Waals surface area contributed by atoms with Crippen molar-refractivity contribution < 1.29 is 31.1 Å². The lowest BCUT2D eigenvalue weighted by molar-refractivity contribution is -0.221. The number of aryl methyl sites for hydroxylation is 3. The van der Waals surface area contributed by atoms with Crippen LogP contribution in [0.1, 0.15) is 30.5 Å². The maximum absolute atomic E-state index is 13.2. The number of nitrogens with two attached hydrogens (primary N) is 1. The molecule has 3 aromatic rings. The maximum Gasteiger partial charge on any atom is 0.490 e. The fraction of sp³-hybridized carbons (Fsp3) is 0.417. The van der Waals surface area contributed by atoms with Crippen LogP contribution in [-0.2, 0) is 26.6 Å². The molecule has 0 aliphatic heterocycles. The normalized spacial score (nSPS) is 22.5. The second-order valence-electron chi connectivity index (χ2n) is 10.3. The first kappa shape index (κ1) is 26.1. The number of carbonyl (C=O) groups is 1. The van der Waals surface area contributed by atoms with Crippen LogP contribution in [0.3, 0.4) is 0 Å². The van der Waals surface area contributed by atoms with Gasteiger partial charge in [0, 0.05) is 35.3 Å². The summed E-state index contributed by atoms with van der Waals surface area (Å²) in [6.07, 6.45) is -0.930. The Morgan fingerprint density at radius 1 is 1.21 bits per heavy atom. The largest absolute Gasteiger partial charge is 0.490 e. The summed E-state index contributed by atoms with van der Waals surface area (Å²) in [5.41, 5.74) is 8.31. The first-order valence-electron chi connectivity index (χ1n) is 11.6. The van der Waals surface area contributed by atoms with Crippen molar-refractivity contribution in [2.45, 2.75) is 49.7 Å². The molecule has 14 heteroatoms. The van der Waals surface area contributed by atoms with Gasteiger partial charge >= 0.3 is 12.1 Å². The van der Waals surface area contributed by atoms with Crippen molar-refractivity contribution in [2.24, 2.45) is 12.5 Å². The van der Waals surface area contributed by atoms with Crippen LogP contribution in [0.15, 0.2) is 35.5 Å². The second kappa shape index (κ2) is 8.50. The zero-order valence-electron chi connectivity index (χ0n) is 20.8. The molecule has 2 heterocycles. The van der Waals surface area contributed by atoms with E-state index in [0.717, 1.165) is 5.56 Å². The number of nitrogens with one attached hydrogen (secondary N) is 1. The van der Waals surface area contributed by atoms with Gasteiger partial charge in [-0.25, -0.2) is 27.9 Å². The Bertz CT molecular complexity index is 1550. The molecule has 0 saturated heterocycles. The molecule has 0 spiro atoms. The molecule has 0 atom stereocenters. The fourth-order valence-electron chi connectivity index (χ4n) is 5.51. The first-order valence-corrected chi connectivity index (χ1v) is 13.1. The van der Waals surface area contributed by atoms with Gasteiger partial charge in [-0.05, 0) is 50.8 Å². The Morgan fingerprint density at radius 3 is 2.50 bits per heavy atom. The fourth-order valence-corrected chi connectivity index (χ4v) is 6.93. The number of carbonyl (C=O) groups excluding carboxylic acids is 1. The van der Waals surface area contributed by atoms with Gasteiger partial charge in [0.15, 0.2) is 0 Å². The molecular formula is C24H25F3N6O4S. The molecule has 10 nitrogen and oxygen atoms in total. The molecule has 38 heavy (non-hydrogen) atoms. The van der Waals surface area contributed by atoms with Crippen LogP contribution in [-0.4, -0.2) is 52.5 Å². The van der Waals surface area contributed by atoms with Crippen molar-refractivity contribution in [1.82, 2.24) is 24.5 Å². The van der Waals surface area contributed by atoms with Gasteiger partial charge in [0.1, 0.15) is 11.5 Å². The number of hydrogen-bond acceptors (Lipinski definition) is 8. The summed E-state index contributed by atoms with van der Waals surface area (Å²) in [6, 6.07) is 4.64. The number of alkyl halides is 3. The Kier molecular flexibility index (Phi) is 5.84. The highest BCUT2D eigenvalue weighted by molar-refractivity contribution is 7.89. The molecule has 6 rings (SSSR count). The predicted molar refractivity (Wildman–Crippen MR) is 130 cm³/mol. The molecular weight excluding hydrogens is 525 g/mol. The SMILES string of the molecule is Cc1ccc(S(=O)(=O)NC23CC(COC(=O)C(F)(F)F)(C2)C3)cc1-c1cnc(N)c(-c2cn(C)nc2C)n1. The highest BCUT2D eigenvalue weighted by atomic mass is 32.2. The average molecular weight is 551 g/mol. The molecule has 0 amide bonds. The summed E-state index contributed by atoms with van der Waals surface area (Å²) in [5.74, 6) is -2.02. The lowest BCUT2D eigenvalue weighted by Crippen LogP contribution is -2.75. The number of esters is 1. The van der Waals surface area contributed by atoms with E-state index in [1.54, 1.807) is 24.0 Å². The highest BCUT2D eigenvalue weighted by Gasteiger charge is 2.69. The molecule has 3 aliphatic rings. The third-order valence-electron chi connectivity index (χ3n) is 7.10. The van der Waals surface area contributed by atoms with Crippen LogP contribution in [0.25, 0.3) is 22.5 Å². The monoisotopic (exact) mass is 550 g/mol. The van der Waals surface area contributed by atoms with E-state index in [1.165, 1.54) is 18.3 Å². The molecule has 3 fully saturated rings. The van der Waals surface area contributed by atoms with Crippen LogP contribution in [0.5, 0.6) is 0 Å². The second-order valence-corrected chi connectivity index (χ2v) is 11.9. The van der Waals surface area contributed by atoms with Crippen molar-refractivity contribution in [3.63, 3.8) is 0 Å². The number of nitrogens with zero attached hydrogens (tertiary/aromatic N) is 4. The minimum absolute atomic E-state index is 0.0121. The van der Waals surface area contributed by atoms with Gasteiger partial charge in [0.05, 0.1) is 29.1 Å². The van der Waals surface area contributed by atoms with Crippen molar-refractivity contribution in [3.8, 4) is 22.5 Å². The summed E-state index contributed by atoms with van der Waals surface area (Å²) < 4.78 is 72.4. The molecule has 202 valence electrons. The predicted octanol–water partition coefficient (Wildman–Crippen LogP) is 3.05. The quantitative estimate of drug-likeness (QED) is 0.428. The summed E-state index contributed by atoms with van der Waals surface area (Å²) in [4.78, 5) is 19.9. The zero-order valence-corrected chi connectivity index (χ0v) is 21.6. The molecule has 3 aliphatic carbocycles. The number of sulfonamides is 1. The Labute approximate surface area is 216 Å². The van der Waals surface area contributed by atoms with Crippen LogP contribution in [0.4, 0.5) is 19.0 Å². The van der Waals surface area contributed by atoms with Crippen molar-refractivity contribution in [3.05, 3.63) is 41.9 Å². The van der Waals surface area contributed by atoms with E-state index in [1.807, 2.05) is 13.8 Å². The summed E-state index contributed by atoms with van der Waals surface area (Å²) >= 11 is 0. The Morgan fingerprint density at radius 2 is 1.89 bits per heavy atom. The Hall–Kier alpha value is -3.52. The number of benzene rings is 1. The van der Waals surface area contributed by atoms with Gasteiger partial charge in [0.25, 0.3) is 0 Å². The van der Waals surface area contributed by atoms with Crippen LogP contribution in [0.2, 0.25) is 0 Å².